The molecule has 0 bridgehead atoms. The first-order valence-electron chi connectivity index (χ1n) is 11.7. The highest BCUT2D eigenvalue weighted by atomic mass is 35.5. The number of aromatic nitrogens is 2. The maximum Gasteiger partial charge on any atom is 0.251 e. The van der Waals surface area contributed by atoms with Gasteiger partial charge in [0.05, 0.1) is 30.8 Å². The number of fused-ring (bicyclic) bond motifs is 1. The third-order valence-corrected chi connectivity index (χ3v) is 6.55. The van der Waals surface area contributed by atoms with Gasteiger partial charge in [-0.05, 0) is 80.8 Å². The third kappa shape index (κ3) is 5.60. The Labute approximate surface area is 210 Å². The van der Waals surface area contributed by atoms with Crippen LogP contribution in [0.2, 0.25) is 5.02 Å². The number of hydrogen-bond donors (Lipinski definition) is 1. The lowest BCUT2D eigenvalue weighted by Crippen LogP contribution is -2.29. The van der Waals surface area contributed by atoms with Crippen LogP contribution in [-0.2, 0) is 6.54 Å². The highest BCUT2D eigenvalue weighted by Crippen LogP contribution is 2.26. The zero-order valence-corrected chi connectivity index (χ0v) is 21.2. The van der Waals surface area contributed by atoms with Crippen LogP contribution >= 0.6 is 11.6 Å². The van der Waals surface area contributed by atoms with Gasteiger partial charge in [0.1, 0.15) is 17.3 Å². The van der Waals surface area contributed by atoms with E-state index in [0.29, 0.717) is 24.5 Å². The van der Waals surface area contributed by atoms with Gasteiger partial charge in [0.25, 0.3) is 5.91 Å². The molecule has 0 saturated carbocycles. The largest absolute Gasteiger partial charge is 0.497 e. The van der Waals surface area contributed by atoms with Gasteiger partial charge < -0.3 is 19.4 Å². The standard InChI is InChI=1S/C28H30ClN3O3/c1-18-15-23(16-19(2)26(18)29)35-14-8-13-32-25-12-6-5-11-24(25)31-27(32)20(3)30-28(33)21-9-7-10-22(17-21)34-4/h5-7,9-12,15-17,20H,8,13-14H2,1-4H3,(H,30,33). The topological polar surface area (TPSA) is 65.4 Å². The lowest BCUT2D eigenvalue weighted by molar-refractivity contribution is 0.0937. The maximum atomic E-state index is 12.9. The van der Waals surface area contributed by atoms with Crippen molar-refractivity contribution >= 4 is 28.5 Å². The van der Waals surface area contributed by atoms with Crippen molar-refractivity contribution in [1.82, 2.24) is 14.9 Å². The van der Waals surface area contributed by atoms with E-state index < -0.39 is 0 Å². The van der Waals surface area contributed by atoms with E-state index >= 15 is 0 Å². The SMILES string of the molecule is COc1cccc(C(=O)NC(C)c2nc3ccccc3n2CCCOc2cc(C)c(Cl)c(C)c2)c1. The summed E-state index contributed by atoms with van der Waals surface area (Å²) in [5, 5.41) is 3.85. The number of para-hydroxylation sites is 2. The van der Waals surface area contributed by atoms with Crippen molar-refractivity contribution < 1.29 is 14.3 Å². The van der Waals surface area contributed by atoms with Crippen LogP contribution in [0.15, 0.2) is 60.7 Å². The molecule has 182 valence electrons. The molecular weight excluding hydrogens is 462 g/mol. The Balaban J connectivity index is 1.48. The molecular formula is C28H30ClN3O3. The highest BCUT2D eigenvalue weighted by molar-refractivity contribution is 6.32. The Bertz CT molecular complexity index is 1330. The van der Waals surface area contributed by atoms with Crippen LogP contribution in [-0.4, -0.2) is 29.2 Å². The molecule has 7 heteroatoms. The van der Waals surface area contributed by atoms with E-state index in [4.69, 9.17) is 26.1 Å². The number of hydrogen-bond acceptors (Lipinski definition) is 4. The fourth-order valence-electron chi connectivity index (χ4n) is 4.17. The van der Waals surface area contributed by atoms with Gasteiger partial charge >= 0.3 is 0 Å². The summed E-state index contributed by atoms with van der Waals surface area (Å²) in [5.41, 5.74) is 4.48. The molecule has 0 radical (unpaired) electrons. The Kier molecular flexibility index (Phi) is 7.61. The minimum atomic E-state index is -0.288. The van der Waals surface area contributed by atoms with Crippen LogP contribution in [0.4, 0.5) is 0 Å². The average molecular weight is 492 g/mol. The first-order chi connectivity index (χ1) is 16.9. The summed E-state index contributed by atoms with van der Waals surface area (Å²) in [4.78, 5) is 17.7. The van der Waals surface area contributed by atoms with E-state index in [1.54, 1.807) is 25.3 Å². The van der Waals surface area contributed by atoms with Crippen molar-refractivity contribution in [1.29, 1.82) is 0 Å². The Morgan fingerprint density at radius 2 is 1.80 bits per heavy atom. The normalized spacial score (nSPS) is 11.9. The molecule has 1 N–H and O–H groups in total. The molecule has 4 aromatic rings. The monoisotopic (exact) mass is 491 g/mol. The van der Waals surface area contributed by atoms with Crippen molar-refractivity contribution in [2.24, 2.45) is 0 Å². The molecule has 35 heavy (non-hydrogen) atoms. The second-order valence-corrected chi connectivity index (χ2v) is 8.99. The molecule has 0 aliphatic carbocycles. The molecule has 0 aliphatic rings. The van der Waals surface area contributed by atoms with Crippen LogP contribution in [0.3, 0.4) is 0 Å². The molecule has 1 atom stereocenters. The summed E-state index contributed by atoms with van der Waals surface area (Å²) in [6.07, 6.45) is 0.782. The fourth-order valence-corrected chi connectivity index (χ4v) is 4.28. The van der Waals surface area contributed by atoms with Gasteiger partial charge in [0.2, 0.25) is 0 Å². The molecule has 1 unspecified atom stereocenters. The molecule has 6 nitrogen and oxygen atoms in total. The van der Waals surface area contributed by atoms with Crippen molar-refractivity contribution in [2.75, 3.05) is 13.7 Å². The molecule has 4 rings (SSSR count). The number of methoxy groups -OCH3 is 1. The quantitative estimate of drug-likeness (QED) is 0.280. The number of imidazole rings is 1. The van der Waals surface area contributed by atoms with Crippen LogP contribution < -0.4 is 14.8 Å². The van der Waals surface area contributed by atoms with Crippen LogP contribution in [0.1, 0.15) is 46.7 Å². The Morgan fingerprint density at radius 3 is 2.54 bits per heavy atom. The van der Waals surface area contributed by atoms with Gasteiger partial charge in [-0.3, -0.25) is 4.79 Å². The highest BCUT2D eigenvalue weighted by Gasteiger charge is 2.19. The van der Waals surface area contributed by atoms with E-state index in [-0.39, 0.29) is 11.9 Å². The van der Waals surface area contributed by atoms with E-state index in [0.717, 1.165) is 45.2 Å². The first kappa shape index (κ1) is 24.6. The van der Waals surface area contributed by atoms with Gasteiger partial charge in [-0.25, -0.2) is 4.98 Å². The summed E-state index contributed by atoms with van der Waals surface area (Å²) in [6.45, 7) is 7.17. The number of amides is 1. The molecule has 1 aromatic heterocycles. The zero-order chi connectivity index (χ0) is 24.9. The van der Waals surface area contributed by atoms with Gasteiger partial charge in [0, 0.05) is 17.1 Å². The Morgan fingerprint density at radius 1 is 1.06 bits per heavy atom. The number of ether oxygens (including phenoxy) is 2. The second-order valence-electron chi connectivity index (χ2n) is 8.61. The minimum Gasteiger partial charge on any atom is -0.497 e. The molecule has 1 amide bonds. The summed E-state index contributed by atoms with van der Waals surface area (Å²) >= 11 is 6.27. The van der Waals surface area contributed by atoms with Crippen LogP contribution in [0.25, 0.3) is 11.0 Å². The van der Waals surface area contributed by atoms with Crippen LogP contribution in [0.5, 0.6) is 11.5 Å². The Hall–Kier alpha value is -3.51. The zero-order valence-electron chi connectivity index (χ0n) is 20.5. The number of nitrogens with one attached hydrogen (secondary N) is 1. The molecule has 0 aliphatic heterocycles. The van der Waals surface area contributed by atoms with Crippen molar-refractivity contribution in [3.8, 4) is 11.5 Å². The molecule has 0 fully saturated rings. The van der Waals surface area contributed by atoms with Crippen molar-refractivity contribution in [3.05, 3.63) is 88.2 Å². The summed E-state index contributed by atoms with van der Waals surface area (Å²) in [6, 6.07) is 18.8. The van der Waals surface area contributed by atoms with Gasteiger partial charge in [-0.2, -0.15) is 0 Å². The number of benzene rings is 3. The fraction of sp³-hybridized carbons (Fsp3) is 0.286. The number of carbonyl (C=O) groups excluding carboxylic acids is 1. The van der Waals surface area contributed by atoms with Gasteiger partial charge in [0.15, 0.2) is 0 Å². The molecule has 0 saturated heterocycles. The maximum absolute atomic E-state index is 12.9. The summed E-state index contributed by atoms with van der Waals surface area (Å²) < 4.78 is 13.4. The van der Waals surface area contributed by atoms with E-state index in [2.05, 4.69) is 16.0 Å². The molecule has 3 aromatic carbocycles. The number of nitrogens with zero attached hydrogens (tertiary/aromatic N) is 2. The van der Waals surface area contributed by atoms with E-state index in [9.17, 15) is 4.79 Å². The smallest absolute Gasteiger partial charge is 0.251 e. The van der Waals surface area contributed by atoms with Crippen molar-refractivity contribution in [2.45, 2.75) is 39.8 Å². The van der Waals surface area contributed by atoms with Crippen molar-refractivity contribution in [3.63, 3.8) is 0 Å². The van der Waals surface area contributed by atoms with E-state index in [1.165, 1.54) is 0 Å². The third-order valence-electron chi connectivity index (χ3n) is 5.96. The minimum absolute atomic E-state index is 0.174. The number of carbonyl (C=O) groups is 1. The predicted molar refractivity (Wildman–Crippen MR) is 140 cm³/mol. The summed E-state index contributed by atoms with van der Waals surface area (Å²) in [7, 11) is 1.58. The van der Waals surface area contributed by atoms with Gasteiger partial charge in [-0.15, -0.1) is 0 Å². The number of aryl methyl sites for hydroxylation is 3. The number of rotatable bonds is 9. The molecule has 1 heterocycles. The lowest BCUT2D eigenvalue weighted by atomic mass is 10.1. The second kappa shape index (κ2) is 10.8. The van der Waals surface area contributed by atoms with Gasteiger partial charge in [-0.1, -0.05) is 29.8 Å². The molecule has 0 spiro atoms. The van der Waals surface area contributed by atoms with Crippen LogP contribution in [0, 0.1) is 13.8 Å². The van der Waals surface area contributed by atoms with E-state index in [1.807, 2.05) is 57.2 Å². The number of halogens is 1. The average Bonchev–Trinajstić information content (AvgIpc) is 3.23. The lowest BCUT2D eigenvalue weighted by Gasteiger charge is -2.17. The predicted octanol–water partition coefficient (Wildman–Crippen LogP) is 6.28. The summed E-state index contributed by atoms with van der Waals surface area (Å²) in [5.74, 6) is 2.09. The first-order valence-corrected chi connectivity index (χ1v) is 12.0.